The zero-order valence-corrected chi connectivity index (χ0v) is 9.58. The van der Waals surface area contributed by atoms with Crippen LogP contribution in [0, 0.1) is 0 Å². The topological polar surface area (TPSA) is 75.4 Å². The molecule has 1 atom stereocenters. The normalized spacial score (nSPS) is 15.0. The Balaban J connectivity index is 2.95. The van der Waals surface area contributed by atoms with Gasteiger partial charge in [-0.2, -0.15) is 13.2 Å². The van der Waals surface area contributed by atoms with Gasteiger partial charge in [0.15, 0.2) is 5.54 Å². The molecule has 0 fully saturated rings. The molecule has 100 valence electrons. The van der Waals surface area contributed by atoms with Crippen LogP contribution in [-0.4, -0.2) is 22.7 Å². The Labute approximate surface area is 102 Å². The van der Waals surface area contributed by atoms with Crippen molar-refractivity contribution in [2.75, 3.05) is 5.32 Å². The molecule has 4 N–H and O–H groups in total. The molecule has 1 unspecified atom stereocenters. The van der Waals surface area contributed by atoms with Crippen LogP contribution in [0.4, 0.5) is 18.9 Å². The number of rotatable bonds is 3. The van der Waals surface area contributed by atoms with Crippen LogP contribution < -0.4 is 11.1 Å². The summed E-state index contributed by atoms with van der Waals surface area (Å²) in [5.41, 5.74) is 2.40. The van der Waals surface area contributed by atoms with Crippen LogP contribution >= 0.6 is 0 Å². The van der Waals surface area contributed by atoms with Crippen LogP contribution in [0.3, 0.4) is 0 Å². The number of aliphatic hydroxyl groups excluding tert-OH is 1. The van der Waals surface area contributed by atoms with Gasteiger partial charge in [0.25, 0.3) is 5.91 Å². The highest BCUT2D eigenvalue weighted by Gasteiger charge is 2.54. The third kappa shape index (κ3) is 2.80. The molecule has 0 aliphatic carbocycles. The number of aliphatic hydroxyl groups is 1. The number of amides is 1. The molecular formula is C11H13F3N2O2. The van der Waals surface area contributed by atoms with Crippen LogP contribution in [0.15, 0.2) is 24.3 Å². The first kappa shape index (κ1) is 14.5. The second-order valence-corrected chi connectivity index (χ2v) is 3.97. The van der Waals surface area contributed by atoms with Crippen LogP contribution in [-0.2, 0) is 11.4 Å². The fraction of sp³-hybridized carbons (Fsp3) is 0.364. The summed E-state index contributed by atoms with van der Waals surface area (Å²) in [5.74, 6) is -1.38. The molecule has 1 aromatic carbocycles. The molecule has 0 aromatic heterocycles. The second kappa shape index (κ2) is 4.95. The first-order valence-electron chi connectivity index (χ1n) is 5.06. The fourth-order valence-corrected chi connectivity index (χ4v) is 1.16. The maximum absolute atomic E-state index is 12.5. The zero-order valence-electron chi connectivity index (χ0n) is 9.58. The highest BCUT2D eigenvalue weighted by molar-refractivity contribution is 5.98. The molecule has 0 bridgehead atoms. The lowest BCUT2D eigenvalue weighted by Gasteiger charge is -2.26. The molecule has 0 radical (unpaired) electrons. The van der Waals surface area contributed by atoms with Crippen molar-refractivity contribution in [3.63, 3.8) is 0 Å². The number of para-hydroxylation sites is 1. The summed E-state index contributed by atoms with van der Waals surface area (Å²) in [6, 6.07) is 5.98. The average Bonchev–Trinajstić information content (AvgIpc) is 2.28. The van der Waals surface area contributed by atoms with Gasteiger partial charge in [-0.25, -0.2) is 0 Å². The van der Waals surface area contributed by atoms with Crippen molar-refractivity contribution in [2.45, 2.75) is 25.2 Å². The minimum Gasteiger partial charge on any atom is -0.392 e. The van der Waals surface area contributed by atoms with Crippen molar-refractivity contribution in [3.05, 3.63) is 29.8 Å². The van der Waals surface area contributed by atoms with Gasteiger partial charge in [0.1, 0.15) is 0 Å². The van der Waals surface area contributed by atoms with Crippen LogP contribution in [0.2, 0.25) is 0 Å². The highest BCUT2D eigenvalue weighted by atomic mass is 19.4. The van der Waals surface area contributed by atoms with E-state index in [1.54, 1.807) is 6.07 Å². The van der Waals surface area contributed by atoms with E-state index < -0.39 is 24.2 Å². The second-order valence-electron chi connectivity index (χ2n) is 3.97. The first-order valence-corrected chi connectivity index (χ1v) is 5.06. The Morgan fingerprint density at radius 1 is 1.39 bits per heavy atom. The number of carbonyl (C=O) groups excluding carboxylic acids is 1. The number of alkyl halides is 3. The maximum Gasteiger partial charge on any atom is 0.415 e. The predicted octanol–water partition coefficient (Wildman–Crippen LogP) is 1.40. The summed E-state index contributed by atoms with van der Waals surface area (Å²) in [7, 11) is 0. The van der Waals surface area contributed by atoms with Gasteiger partial charge in [0.05, 0.1) is 6.61 Å². The van der Waals surface area contributed by atoms with E-state index in [0.717, 1.165) is 0 Å². The minimum absolute atomic E-state index is 0.103. The predicted molar refractivity (Wildman–Crippen MR) is 59.6 cm³/mol. The number of hydrogen-bond acceptors (Lipinski definition) is 3. The van der Waals surface area contributed by atoms with Gasteiger partial charge in [-0.3, -0.25) is 4.79 Å². The van der Waals surface area contributed by atoms with Gasteiger partial charge >= 0.3 is 6.18 Å². The molecule has 1 amide bonds. The lowest BCUT2D eigenvalue weighted by molar-refractivity contribution is -0.184. The number of nitrogens with two attached hydrogens (primary N) is 1. The van der Waals surface area contributed by atoms with Gasteiger partial charge in [0, 0.05) is 11.3 Å². The summed E-state index contributed by atoms with van der Waals surface area (Å²) in [6.45, 7) is 0.188. The first-order chi connectivity index (χ1) is 8.20. The van der Waals surface area contributed by atoms with E-state index >= 15 is 0 Å². The maximum atomic E-state index is 12.5. The van der Waals surface area contributed by atoms with Crippen LogP contribution in [0.25, 0.3) is 0 Å². The van der Waals surface area contributed by atoms with E-state index in [1.807, 2.05) is 0 Å². The summed E-state index contributed by atoms with van der Waals surface area (Å²) in [5, 5.41) is 11.1. The van der Waals surface area contributed by atoms with E-state index in [4.69, 9.17) is 10.8 Å². The van der Waals surface area contributed by atoms with Crippen LogP contribution in [0.1, 0.15) is 12.5 Å². The smallest absolute Gasteiger partial charge is 0.392 e. The molecule has 0 saturated carbocycles. The summed E-state index contributed by atoms with van der Waals surface area (Å²) >= 11 is 0. The fourth-order valence-electron chi connectivity index (χ4n) is 1.16. The van der Waals surface area contributed by atoms with Crippen molar-refractivity contribution in [1.29, 1.82) is 0 Å². The molecule has 0 aliphatic heterocycles. The molecule has 7 heteroatoms. The van der Waals surface area contributed by atoms with Gasteiger partial charge in [-0.05, 0) is 13.0 Å². The van der Waals surface area contributed by atoms with E-state index in [2.05, 4.69) is 5.32 Å². The van der Waals surface area contributed by atoms with Gasteiger partial charge in [0.2, 0.25) is 0 Å². The quantitative estimate of drug-likeness (QED) is 0.770. The van der Waals surface area contributed by atoms with Crippen molar-refractivity contribution >= 4 is 11.6 Å². The lowest BCUT2D eigenvalue weighted by Crippen LogP contribution is -2.59. The lowest BCUT2D eigenvalue weighted by atomic mass is 10.0. The van der Waals surface area contributed by atoms with E-state index in [0.29, 0.717) is 12.5 Å². The van der Waals surface area contributed by atoms with Crippen molar-refractivity contribution in [1.82, 2.24) is 0 Å². The van der Waals surface area contributed by atoms with Crippen LogP contribution in [0.5, 0.6) is 0 Å². The molecule has 0 saturated heterocycles. The SMILES string of the molecule is CC(N)(C(=O)Nc1ccccc1CO)C(F)(F)F. The zero-order chi connectivity index (χ0) is 14.0. The van der Waals surface area contributed by atoms with E-state index in [1.165, 1.54) is 18.2 Å². The molecule has 4 nitrogen and oxygen atoms in total. The van der Waals surface area contributed by atoms with E-state index in [9.17, 15) is 18.0 Å². The standard InChI is InChI=1S/C11H13F3N2O2/c1-10(15,11(12,13)14)9(18)16-8-5-3-2-4-7(8)6-17/h2-5,17H,6,15H2,1H3,(H,16,18). The molecule has 0 heterocycles. The van der Waals surface area contributed by atoms with Crippen molar-refractivity contribution < 1.29 is 23.1 Å². The number of benzene rings is 1. The van der Waals surface area contributed by atoms with Gasteiger partial charge in [-0.1, -0.05) is 18.2 Å². The Morgan fingerprint density at radius 2 is 1.94 bits per heavy atom. The molecule has 1 aromatic rings. The largest absolute Gasteiger partial charge is 0.415 e. The Hall–Kier alpha value is -1.60. The number of nitrogens with one attached hydrogen (secondary N) is 1. The van der Waals surface area contributed by atoms with E-state index in [-0.39, 0.29) is 5.69 Å². The number of halogens is 3. The summed E-state index contributed by atoms with van der Waals surface area (Å²) < 4.78 is 37.6. The van der Waals surface area contributed by atoms with Gasteiger partial charge < -0.3 is 16.2 Å². The number of hydrogen-bond donors (Lipinski definition) is 3. The summed E-state index contributed by atoms with van der Waals surface area (Å²) in [6.07, 6.45) is -4.86. The molecular weight excluding hydrogens is 249 g/mol. The summed E-state index contributed by atoms with van der Waals surface area (Å²) in [4.78, 5) is 11.5. The Kier molecular flexibility index (Phi) is 3.98. The average molecular weight is 262 g/mol. The monoisotopic (exact) mass is 262 g/mol. The molecule has 0 spiro atoms. The molecule has 0 aliphatic rings. The molecule has 1 rings (SSSR count). The van der Waals surface area contributed by atoms with Gasteiger partial charge in [-0.15, -0.1) is 0 Å². The third-order valence-corrected chi connectivity index (χ3v) is 2.50. The number of carbonyl (C=O) groups is 1. The highest BCUT2D eigenvalue weighted by Crippen LogP contribution is 2.29. The Bertz CT molecular complexity index is 444. The Morgan fingerprint density at radius 3 is 2.44 bits per heavy atom. The molecule has 18 heavy (non-hydrogen) atoms. The van der Waals surface area contributed by atoms with Crippen molar-refractivity contribution in [2.24, 2.45) is 5.73 Å². The number of anilines is 1. The third-order valence-electron chi connectivity index (χ3n) is 2.50. The minimum atomic E-state index is -4.86. The van der Waals surface area contributed by atoms with Crippen molar-refractivity contribution in [3.8, 4) is 0 Å².